The highest BCUT2D eigenvalue weighted by Crippen LogP contribution is 2.25. The molecular weight excluding hydrogens is 219 g/mol. The number of phenolic OH excluding ortho intramolecular Hbond substituents is 1. The number of rotatable bonds is 4. The van der Waals surface area contributed by atoms with Gasteiger partial charge in [-0.1, -0.05) is 6.07 Å². The van der Waals surface area contributed by atoms with E-state index in [4.69, 9.17) is 0 Å². The summed E-state index contributed by atoms with van der Waals surface area (Å²) < 4.78 is 12.4. The van der Waals surface area contributed by atoms with Crippen molar-refractivity contribution in [2.24, 2.45) is 5.92 Å². The van der Waals surface area contributed by atoms with Gasteiger partial charge in [-0.15, -0.1) is 0 Å². The third-order valence-electron chi connectivity index (χ3n) is 3.26. The van der Waals surface area contributed by atoms with E-state index in [9.17, 15) is 9.50 Å². The maximum Gasteiger partial charge on any atom is 0.139 e. The van der Waals surface area contributed by atoms with Crippen molar-refractivity contribution < 1.29 is 9.50 Å². The minimum Gasteiger partial charge on any atom is -0.506 e. The second-order valence-electron chi connectivity index (χ2n) is 4.56. The Hall–Kier alpha value is -1.29. The maximum absolute atomic E-state index is 12.4. The highest BCUT2D eigenvalue weighted by molar-refractivity contribution is 5.56. The standard InChI is InChI=1S/C13H19FN2O/c14-8-11-1-2-12(13(17)7-11)16-9-10-3-5-15-6-4-10/h1-2,7,10,15-17H,3-6,8-9H2. The lowest BCUT2D eigenvalue weighted by atomic mass is 9.98. The average molecular weight is 238 g/mol. The Morgan fingerprint density at radius 1 is 1.35 bits per heavy atom. The van der Waals surface area contributed by atoms with Crippen LogP contribution in [-0.4, -0.2) is 24.7 Å². The number of alkyl halides is 1. The van der Waals surface area contributed by atoms with E-state index in [1.165, 1.54) is 6.07 Å². The van der Waals surface area contributed by atoms with Gasteiger partial charge in [-0.25, -0.2) is 4.39 Å². The van der Waals surface area contributed by atoms with Crippen LogP contribution in [0, 0.1) is 5.92 Å². The Kier molecular flexibility index (Phi) is 4.20. The van der Waals surface area contributed by atoms with Gasteiger partial charge in [0.05, 0.1) is 5.69 Å². The highest BCUT2D eigenvalue weighted by Gasteiger charge is 2.13. The van der Waals surface area contributed by atoms with E-state index < -0.39 is 6.67 Å². The number of benzene rings is 1. The Bertz CT molecular complexity index is 364. The van der Waals surface area contributed by atoms with Crippen LogP contribution in [0.15, 0.2) is 18.2 Å². The van der Waals surface area contributed by atoms with Crippen LogP contribution in [0.25, 0.3) is 0 Å². The van der Waals surface area contributed by atoms with Crippen molar-refractivity contribution in [3.05, 3.63) is 23.8 Å². The smallest absolute Gasteiger partial charge is 0.139 e. The van der Waals surface area contributed by atoms with Crippen molar-refractivity contribution in [3.8, 4) is 5.75 Å². The zero-order chi connectivity index (χ0) is 12.1. The predicted octanol–water partition coefficient (Wildman–Crippen LogP) is 2.27. The van der Waals surface area contributed by atoms with Crippen LogP contribution in [0.2, 0.25) is 0 Å². The largest absolute Gasteiger partial charge is 0.506 e. The minimum absolute atomic E-state index is 0.133. The van der Waals surface area contributed by atoms with Gasteiger partial charge in [0.2, 0.25) is 0 Å². The van der Waals surface area contributed by atoms with Crippen LogP contribution in [0.1, 0.15) is 18.4 Å². The Morgan fingerprint density at radius 3 is 2.76 bits per heavy atom. The molecular formula is C13H19FN2O. The molecule has 1 aliphatic rings. The molecule has 0 amide bonds. The predicted molar refractivity (Wildman–Crippen MR) is 67.0 cm³/mol. The quantitative estimate of drug-likeness (QED) is 0.705. The summed E-state index contributed by atoms with van der Waals surface area (Å²) in [7, 11) is 0. The normalized spacial score (nSPS) is 17.0. The number of piperidine rings is 1. The van der Waals surface area contributed by atoms with Crippen molar-refractivity contribution in [3.63, 3.8) is 0 Å². The third kappa shape index (κ3) is 3.33. The van der Waals surface area contributed by atoms with Crippen molar-refractivity contribution in [1.29, 1.82) is 0 Å². The lowest BCUT2D eigenvalue weighted by molar-refractivity contribution is 0.389. The first-order chi connectivity index (χ1) is 8.29. The average Bonchev–Trinajstić information content (AvgIpc) is 2.38. The zero-order valence-electron chi connectivity index (χ0n) is 9.88. The number of hydrogen-bond donors (Lipinski definition) is 3. The number of halogens is 1. The van der Waals surface area contributed by atoms with Crippen LogP contribution in [0.4, 0.5) is 10.1 Å². The molecule has 0 unspecified atom stereocenters. The van der Waals surface area contributed by atoms with E-state index in [1.807, 2.05) is 0 Å². The molecule has 0 atom stereocenters. The van der Waals surface area contributed by atoms with Crippen LogP contribution in [0.3, 0.4) is 0 Å². The van der Waals surface area contributed by atoms with Crippen molar-refractivity contribution in [2.75, 3.05) is 25.0 Å². The summed E-state index contributed by atoms with van der Waals surface area (Å²) in [6, 6.07) is 4.92. The molecule has 3 nitrogen and oxygen atoms in total. The van der Waals surface area contributed by atoms with E-state index in [1.54, 1.807) is 12.1 Å². The molecule has 17 heavy (non-hydrogen) atoms. The second kappa shape index (κ2) is 5.87. The summed E-state index contributed by atoms with van der Waals surface area (Å²) >= 11 is 0. The summed E-state index contributed by atoms with van der Waals surface area (Å²) in [6.07, 6.45) is 2.33. The van der Waals surface area contributed by atoms with Crippen molar-refractivity contribution in [2.45, 2.75) is 19.5 Å². The van der Waals surface area contributed by atoms with E-state index in [-0.39, 0.29) is 5.75 Å². The van der Waals surface area contributed by atoms with Gasteiger partial charge in [-0.2, -0.15) is 0 Å². The van der Waals surface area contributed by atoms with Crippen molar-refractivity contribution in [1.82, 2.24) is 5.32 Å². The molecule has 1 heterocycles. The molecule has 0 aliphatic carbocycles. The molecule has 3 N–H and O–H groups in total. The van der Waals surface area contributed by atoms with Gasteiger partial charge < -0.3 is 15.7 Å². The van der Waals surface area contributed by atoms with Gasteiger partial charge in [0.1, 0.15) is 12.4 Å². The fourth-order valence-corrected chi connectivity index (χ4v) is 2.15. The fourth-order valence-electron chi connectivity index (χ4n) is 2.15. The summed E-state index contributed by atoms with van der Waals surface area (Å²) in [5, 5.41) is 16.3. The van der Waals surface area contributed by atoms with Gasteiger partial charge in [0.15, 0.2) is 0 Å². The molecule has 4 heteroatoms. The molecule has 1 fully saturated rings. The Morgan fingerprint density at radius 2 is 2.12 bits per heavy atom. The molecule has 0 aromatic heterocycles. The molecule has 1 aromatic rings. The Balaban J connectivity index is 1.89. The van der Waals surface area contributed by atoms with Gasteiger partial charge in [-0.05, 0) is 49.5 Å². The van der Waals surface area contributed by atoms with Crippen molar-refractivity contribution >= 4 is 5.69 Å². The highest BCUT2D eigenvalue weighted by atomic mass is 19.1. The minimum atomic E-state index is -0.540. The van der Waals surface area contributed by atoms with Gasteiger partial charge in [0, 0.05) is 6.54 Å². The molecule has 1 aromatic carbocycles. The summed E-state index contributed by atoms with van der Waals surface area (Å²) in [5.41, 5.74) is 1.20. The molecule has 1 aliphatic heterocycles. The maximum atomic E-state index is 12.4. The molecule has 94 valence electrons. The molecule has 2 rings (SSSR count). The van der Waals surface area contributed by atoms with Crippen LogP contribution in [-0.2, 0) is 6.67 Å². The third-order valence-corrected chi connectivity index (χ3v) is 3.26. The first kappa shape index (κ1) is 12.2. The topological polar surface area (TPSA) is 44.3 Å². The van der Waals surface area contributed by atoms with E-state index in [0.717, 1.165) is 32.5 Å². The molecule has 0 saturated carbocycles. The van der Waals surface area contributed by atoms with Gasteiger partial charge >= 0.3 is 0 Å². The molecule has 1 saturated heterocycles. The fraction of sp³-hybridized carbons (Fsp3) is 0.538. The number of nitrogens with one attached hydrogen (secondary N) is 2. The number of phenols is 1. The lowest BCUT2D eigenvalue weighted by Gasteiger charge is -2.23. The first-order valence-electron chi connectivity index (χ1n) is 6.12. The van der Waals surface area contributed by atoms with Gasteiger partial charge in [-0.3, -0.25) is 0 Å². The van der Waals surface area contributed by atoms with E-state index >= 15 is 0 Å². The van der Waals surface area contributed by atoms with Crippen LogP contribution in [0.5, 0.6) is 5.75 Å². The molecule has 0 radical (unpaired) electrons. The van der Waals surface area contributed by atoms with E-state index in [2.05, 4.69) is 10.6 Å². The molecule has 0 spiro atoms. The monoisotopic (exact) mass is 238 g/mol. The van der Waals surface area contributed by atoms with E-state index in [0.29, 0.717) is 17.2 Å². The Labute approximate surface area is 101 Å². The lowest BCUT2D eigenvalue weighted by Crippen LogP contribution is -2.31. The SMILES string of the molecule is Oc1cc(CF)ccc1NCC1CCNCC1. The van der Waals surface area contributed by atoms with Crippen LogP contribution >= 0.6 is 0 Å². The first-order valence-corrected chi connectivity index (χ1v) is 6.12. The summed E-state index contributed by atoms with van der Waals surface area (Å²) in [6.45, 7) is 2.46. The number of hydrogen-bond acceptors (Lipinski definition) is 3. The number of aromatic hydroxyl groups is 1. The summed E-state index contributed by atoms with van der Waals surface area (Å²) in [4.78, 5) is 0. The second-order valence-corrected chi connectivity index (χ2v) is 4.56. The van der Waals surface area contributed by atoms with Crippen LogP contribution < -0.4 is 10.6 Å². The van der Waals surface area contributed by atoms with Gasteiger partial charge in [0.25, 0.3) is 0 Å². The zero-order valence-corrected chi connectivity index (χ0v) is 9.88. The summed E-state index contributed by atoms with van der Waals surface area (Å²) in [5.74, 6) is 0.783. The molecule has 0 bridgehead atoms. The number of anilines is 1.